The maximum absolute atomic E-state index is 14.2. The van der Waals surface area contributed by atoms with Crippen LogP contribution in [0.5, 0.6) is 0 Å². The number of benzene rings is 4. The number of carbonyl (C=O) groups excluding carboxylic acids is 2. The summed E-state index contributed by atoms with van der Waals surface area (Å²) < 4.78 is 27.4. The fourth-order valence-electron chi connectivity index (χ4n) is 4.83. The highest BCUT2D eigenvalue weighted by molar-refractivity contribution is 7.92. The van der Waals surface area contributed by atoms with E-state index in [-0.39, 0.29) is 12.5 Å². The minimum atomic E-state index is -3.85. The van der Waals surface area contributed by atoms with Crippen LogP contribution in [0, 0.1) is 6.92 Å². The topological polar surface area (TPSA) is 86.8 Å². The van der Waals surface area contributed by atoms with E-state index in [0.717, 1.165) is 44.4 Å². The molecule has 4 rings (SSSR count). The van der Waals surface area contributed by atoms with Gasteiger partial charge in [-0.1, -0.05) is 103 Å². The molecule has 0 bridgehead atoms. The van der Waals surface area contributed by atoms with Crippen molar-refractivity contribution in [1.29, 1.82) is 0 Å². The molecule has 7 nitrogen and oxygen atoms in total. The van der Waals surface area contributed by atoms with Gasteiger partial charge < -0.3 is 10.2 Å². The Morgan fingerprint density at radius 3 is 2.17 bits per heavy atom. The Morgan fingerprint density at radius 1 is 0.829 bits per heavy atom. The summed E-state index contributed by atoms with van der Waals surface area (Å²) in [6.07, 6.45) is 2.14. The van der Waals surface area contributed by atoms with Crippen LogP contribution in [-0.2, 0) is 32.6 Å². The van der Waals surface area contributed by atoms with Crippen molar-refractivity contribution in [2.75, 3.05) is 23.7 Å². The highest BCUT2D eigenvalue weighted by Gasteiger charge is 2.33. The molecule has 1 atom stereocenters. The van der Waals surface area contributed by atoms with Crippen molar-refractivity contribution >= 4 is 38.3 Å². The predicted octanol–water partition coefficient (Wildman–Crippen LogP) is 5.08. The Hall–Kier alpha value is -4.17. The zero-order chi connectivity index (χ0) is 29.4. The van der Waals surface area contributed by atoms with Crippen LogP contribution < -0.4 is 9.62 Å². The smallest absolute Gasteiger partial charge is 0.244 e. The van der Waals surface area contributed by atoms with Crippen LogP contribution in [0.4, 0.5) is 5.69 Å². The second-order valence-corrected chi connectivity index (χ2v) is 12.2. The maximum atomic E-state index is 14.2. The number of amides is 2. The largest absolute Gasteiger partial charge is 0.354 e. The van der Waals surface area contributed by atoms with Gasteiger partial charge in [-0.25, -0.2) is 8.42 Å². The van der Waals surface area contributed by atoms with Gasteiger partial charge in [-0.3, -0.25) is 13.9 Å². The molecule has 0 heterocycles. The highest BCUT2D eigenvalue weighted by Crippen LogP contribution is 2.29. The lowest BCUT2D eigenvalue weighted by Gasteiger charge is -2.33. The number of carbonyl (C=O) groups is 2. The number of nitrogens with zero attached hydrogens (tertiary/aromatic N) is 2. The number of fused-ring (bicyclic) bond motifs is 1. The number of hydrogen-bond acceptors (Lipinski definition) is 4. The van der Waals surface area contributed by atoms with Crippen molar-refractivity contribution in [3.63, 3.8) is 0 Å². The molecule has 4 aromatic carbocycles. The van der Waals surface area contributed by atoms with Gasteiger partial charge >= 0.3 is 0 Å². The Morgan fingerprint density at radius 2 is 1.49 bits per heavy atom. The molecule has 0 unspecified atom stereocenters. The maximum Gasteiger partial charge on any atom is 0.244 e. The molecule has 0 saturated carbocycles. The van der Waals surface area contributed by atoms with Crippen LogP contribution in [0.25, 0.3) is 10.8 Å². The van der Waals surface area contributed by atoms with Gasteiger partial charge in [0.2, 0.25) is 21.8 Å². The van der Waals surface area contributed by atoms with Gasteiger partial charge in [0, 0.05) is 24.9 Å². The van der Waals surface area contributed by atoms with E-state index in [2.05, 4.69) is 5.32 Å². The molecule has 2 amide bonds. The molecule has 0 aliphatic rings. The summed E-state index contributed by atoms with van der Waals surface area (Å²) in [5.41, 5.74) is 3.25. The van der Waals surface area contributed by atoms with E-state index in [1.165, 1.54) is 4.90 Å². The Labute approximate surface area is 242 Å². The average molecular weight is 572 g/mol. The molecule has 4 aromatic rings. The monoisotopic (exact) mass is 571 g/mol. The Bertz CT molecular complexity index is 1580. The van der Waals surface area contributed by atoms with Gasteiger partial charge in [0.1, 0.15) is 12.6 Å². The molecular weight excluding hydrogens is 534 g/mol. The number of rotatable bonds is 12. The number of anilines is 1. The van der Waals surface area contributed by atoms with Crippen molar-refractivity contribution in [3.8, 4) is 0 Å². The molecule has 0 aliphatic carbocycles. The zero-order valence-corrected chi connectivity index (χ0v) is 24.6. The van der Waals surface area contributed by atoms with Crippen molar-refractivity contribution in [2.24, 2.45) is 0 Å². The summed E-state index contributed by atoms with van der Waals surface area (Å²) in [6, 6.07) is 29.3. The molecule has 0 radical (unpaired) electrons. The standard InChI is InChI=1S/C33H37N3O4S/c1-4-21-34-33(38)31(22-26-11-6-5-7-12-26)35(23-27-19-17-25(2)18-20-27)32(37)24-36(41(3,39)40)30-16-10-14-28-13-8-9-15-29(28)30/h5-20,31H,4,21-24H2,1-3H3,(H,34,38)/t31-/m0/s1. The lowest BCUT2D eigenvalue weighted by Crippen LogP contribution is -2.53. The van der Waals surface area contributed by atoms with Gasteiger partial charge in [-0.2, -0.15) is 0 Å². The van der Waals surface area contributed by atoms with E-state index in [1.54, 1.807) is 12.1 Å². The van der Waals surface area contributed by atoms with Gasteiger partial charge in [0.25, 0.3) is 0 Å². The summed E-state index contributed by atoms with van der Waals surface area (Å²) in [4.78, 5) is 29.3. The van der Waals surface area contributed by atoms with Crippen molar-refractivity contribution < 1.29 is 18.0 Å². The second kappa shape index (κ2) is 13.5. The highest BCUT2D eigenvalue weighted by atomic mass is 32.2. The SMILES string of the molecule is CCCNC(=O)[C@H](Cc1ccccc1)N(Cc1ccc(C)cc1)C(=O)CN(c1cccc2ccccc12)S(C)(=O)=O. The molecule has 0 aromatic heterocycles. The lowest BCUT2D eigenvalue weighted by atomic mass is 10.0. The first kappa shape index (κ1) is 29.8. The van der Waals surface area contributed by atoms with Crippen LogP contribution in [0.2, 0.25) is 0 Å². The number of aryl methyl sites for hydroxylation is 1. The first-order chi connectivity index (χ1) is 19.7. The molecule has 0 aliphatic heterocycles. The lowest BCUT2D eigenvalue weighted by molar-refractivity contribution is -0.140. The number of nitrogens with one attached hydrogen (secondary N) is 1. The third kappa shape index (κ3) is 7.73. The van der Waals surface area contributed by atoms with Crippen LogP contribution in [0.15, 0.2) is 97.1 Å². The van der Waals surface area contributed by atoms with Gasteiger partial charge in [-0.05, 0) is 35.9 Å². The van der Waals surface area contributed by atoms with Crippen molar-refractivity contribution in [2.45, 2.75) is 39.3 Å². The van der Waals surface area contributed by atoms with Crippen LogP contribution in [-0.4, -0.2) is 50.5 Å². The normalized spacial score (nSPS) is 12.1. The number of sulfonamides is 1. The molecule has 41 heavy (non-hydrogen) atoms. The zero-order valence-electron chi connectivity index (χ0n) is 23.8. The first-order valence-corrected chi connectivity index (χ1v) is 15.6. The van der Waals surface area contributed by atoms with E-state index in [9.17, 15) is 18.0 Å². The summed E-state index contributed by atoms with van der Waals surface area (Å²) in [5.74, 6) is -0.733. The van der Waals surface area contributed by atoms with E-state index in [0.29, 0.717) is 18.7 Å². The van der Waals surface area contributed by atoms with Gasteiger partial charge in [0.15, 0.2) is 0 Å². The summed E-state index contributed by atoms with van der Waals surface area (Å²) in [5, 5.41) is 4.54. The Balaban J connectivity index is 1.76. The van der Waals surface area contributed by atoms with Crippen LogP contribution in [0.1, 0.15) is 30.0 Å². The van der Waals surface area contributed by atoms with Crippen molar-refractivity contribution in [3.05, 3.63) is 114 Å². The van der Waals surface area contributed by atoms with Crippen LogP contribution in [0.3, 0.4) is 0 Å². The molecular formula is C33H37N3O4S. The molecule has 8 heteroatoms. The fourth-order valence-corrected chi connectivity index (χ4v) is 5.69. The summed E-state index contributed by atoms with van der Waals surface area (Å²) >= 11 is 0. The van der Waals surface area contributed by atoms with Crippen LogP contribution >= 0.6 is 0 Å². The summed E-state index contributed by atoms with van der Waals surface area (Å²) in [7, 11) is -3.85. The van der Waals surface area contributed by atoms with Gasteiger partial charge in [-0.15, -0.1) is 0 Å². The molecule has 0 spiro atoms. The van der Waals surface area contributed by atoms with E-state index >= 15 is 0 Å². The predicted molar refractivity (Wildman–Crippen MR) is 165 cm³/mol. The second-order valence-electron chi connectivity index (χ2n) is 10.3. The quantitative estimate of drug-likeness (QED) is 0.257. The Kier molecular flexibility index (Phi) is 9.78. The molecule has 0 saturated heterocycles. The molecule has 0 fully saturated rings. The van der Waals surface area contributed by atoms with E-state index in [4.69, 9.17) is 0 Å². The molecule has 1 N–H and O–H groups in total. The fraction of sp³-hybridized carbons (Fsp3) is 0.273. The number of hydrogen-bond donors (Lipinski definition) is 1. The minimum absolute atomic E-state index is 0.156. The summed E-state index contributed by atoms with van der Waals surface area (Å²) in [6.45, 7) is 4.14. The first-order valence-electron chi connectivity index (χ1n) is 13.8. The molecule has 214 valence electrons. The average Bonchev–Trinajstić information content (AvgIpc) is 2.97. The van der Waals surface area contributed by atoms with E-state index in [1.807, 2.05) is 98.8 Å². The van der Waals surface area contributed by atoms with Gasteiger partial charge in [0.05, 0.1) is 11.9 Å². The van der Waals surface area contributed by atoms with E-state index < -0.39 is 28.5 Å². The third-order valence-electron chi connectivity index (χ3n) is 7.01. The van der Waals surface area contributed by atoms with Crippen molar-refractivity contribution in [1.82, 2.24) is 10.2 Å². The third-order valence-corrected chi connectivity index (χ3v) is 8.13. The minimum Gasteiger partial charge on any atom is -0.354 e.